The average molecular weight is 446 g/mol. The molecule has 2 saturated heterocycles. The molecule has 31 heavy (non-hydrogen) atoms. The molecule has 0 aliphatic carbocycles. The number of carboxylic acids is 1. The van der Waals surface area contributed by atoms with Gasteiger partial charge in [-0.15, -0.1) is 0 Å². The van der Waals surface area contributed by atoms with Gasteiger partial charge in [0.25, 0.3) is 0 Å². The molecule has 1 spiro atoms. The number of likely N-dealkylation sites (tertiary alicyclic amines) is 2. The number of halogens is 4. The van der Waals surface area contributed by atoms with Crippen LogP contribution in [0.4, 0.5) is 17.6 Å². The second kappa shape index (κ2) is 10.4. The maximum atomic E-state index is 13.1. The Kier molecular flexibility index (Phi) is 8.45. The molecule has 0 bridgehead atoms. The first-order valence-electron chi connectivity index (χ1n) is 10.6. The molecule has 2 fully saturated rings. The number of nitrogens with zero attached hydrogens (tertiary/aromatic N) is 2. The molecule has 2 aliphatic rings. The first-order valence-corrected chi connectivity index (χ1v) is 10.6. The molecule has 0 saturated carbocycles. The Hall–Kier alpha value is -2.16. The molecule has 1 aromatic rings. The summed E-state index contributed by atoms with van der Waals surface area (Å²) >= 11 is 0. The molecule has 9 heteroatoms. The summed E-state index contributed by atoms with van der Waals surface area (Å²) < 4.78 is 44.9. The van der Waals surface area contributed by atoms with Crippen LogP contribution in [0.3, 0.4) is 0 Å². The van der Waals surface area contributed by atoms with Crippen LogP contribution in [-0.2, 0) is 16.1 Å². The van der Waals surface area contributed by atoms with E-state index in [1.807, 2.05) is 0 Å². The van der Waals surface area contributed by atoms with Crippen LogP contribution >= 0.6 is 0 Å². The molecule has 0 radical (unpaired) electrons. The predicted molar refractivity (Wildman–Crippen MR) is 108 cm³/mol. The van der Waals surface area contributed by atoms with Gasteiger partial charge in [-0.05, 0) is 63.3 Å². The van der Waals surface area contributed by atoms with Crippen molar-refractivity contribution in [2.45, 2.75) is 76.7 Å². The number of hydrogen-bond acceptors (Lipinski definition) is 3. The topological polar surface area (TPSA) is 60.9 Å². The van der Waals surface area contributed by atoms with Crippen LogP contribution in [0.15, 0.2) is 24.3 Å². The lowest BCUT2D eigenvalue weighted by molar-refractivity contribution is -0.192. The summed E-state index contributed by atoms with van der Waals surface area (Å²) in [5.74, 6) is -2.72. The van der Waals surface area contributed by atoms with E-state index in [1.165, 1.54) is 18.6 Å². The van der Waals surface area contributed by atoms with E-state index in [4.69, 9.17) is 9.90 Å². The number of rotatable bonds is 4. The van der Waals surface area contributed by atoms with Gasteiger partial charge in [-0.25, -0.2) is 9.18 Å². The second-order valence-electron chi connectivity index (χ2n) is 8.28. The summed E-state index contributed by atoms with van der Waals surface area (Å²) in [7, 11) is 0. The highest BCUT2D eigenvalue weighted by Gasteiger charge is 2.45. The van der Waals surface area contributed by atoms with Gasteiger partial charge in [0, 0.05) is 31.1 Å². The molecule has 2 atom stereocenters. The Bertz CT molecular complexity index is 754. The van der Waals surface area contributed by atoms with E-state index in [0.29, 0.717) is 19.0 Å². The Balaban J connectivity index is 0.000000423. The van der Waals surface area contributed by atoms with E-state index in [1.54, 1.807) is 12.1 Å². The third kappa shape index (κ3) is 6.66. The van der Waals surface area contributed by atoms with E-state index in [0.717, 1.165) is 44.3 Å². The minimum atomic E-state index is -5.08. The smallest absolute Gasteiger partial charge is 0.475 e. The normalized spacial score (nSPS) is 23.3. The summed E-state index contributed by atoms with van der Waals surface area (Å²) in [5.41, 5.74) is 1.03. The van der Waals surface area contributed by atoms with Crippen molar-refractivity contribution in [1.29, 1.82) is 0 Å². The highest BCUT2D eigenvalue weighted by molar-refractivity contribution is 5.79. The Morgan fingerprint density at radius 1 is 1.16 bits per heavy atom. The molecule has 2 unspecified atom stereocenters. The molecule has 2 aliphatic heterocycles. The second-order valence-corrected chi connectivity index (χ2v) is 8.28. The fourth-order valence-electron chi connectivity index (χ4n) is 4.32. The largest absolute Gasteiger partial charge is 0.490 e. The monoisotopic (exact) mass is 446 g/mol. The van der Waals surface area contributed by atoms with Crippen LogP contribution in [0, 0.1) is 5.82 Å². The standard InChI is InChI=1S/C20H29FN2O.C2HF3O2/c1-3-16(2)22-13-4-10-20(12-14-22)11-9-19(24)23(20)15-17-5-7-18(21)8-6-17;3-2(4,5)1(6)7/h5-8,16H,3-4,9-15H2,1-2H3;(H,6,7). The van der Waals surface area contributed by atoms with Gasteiger partial charge in [-0.3, -0.25) is 4.79 Å². The van der Waals surface area contributed by atoms with Gasteiger partial charge in [0.05, 0.1) is 0 Å². The zero-order valence-electron chi connectivity index (χ0n) is 17.9. The van der Waals surface area contributed by atoms with Crippen molar-refractivity contribution >= 4 is 11.9 Å². The third-order valence-corrected chi connectivity index (χ3v) is 6.34. The van der Waals surface area contributed by atoms with Gasteiger partial charge in [-0.2, -0.15) is 13.2 Å². The van der Waals surface area contributed by atoms with E-state index in [9.17, 15) is 22.4 Å². The van der Waals surface area contributed by atoms with Crippen LogP contribution < -0.4 is 0 Å². The van der Waals surface area contributed by atoms with Gasteiger partial charge >= 0.3 is 12.1 Å². The molecule has 174 valence electrons. The maximum Gasteiger partial charge on any atom is 0.490 e. The highest BCUT2D eigenvalue weighted by Crippen LogP contribution is 2.40. The summed E-state index contributed by atoms with van der Waals surface area (Å²) in [5, 5.41) is 7.12. The van der Waals surface area contributed by atoms with Crippen LogP contribution in [0.5, 0.6) is 0 Å². The minimum absolute atomic E-state index is 0.00762. The van der Waals surface area contributed by atoms with Gasteiger partial charge < -0.3 is 14.9 Å². The van der Waals surface area contributed by atoms with E-state index >= 15 is 0 Å². The lowest BCUT2D eigenvalue weighted by Gasteiger charge is -2.38. The number of aliphatic carboxylic acids is 1. The SMILES string of the molecule is CCC(C)N1CCCC2(CCC(=O)N2Cc2ccc(F)cc2)CC1.O=C(O)C(F)(F)F. The zero-order chi connectivity index (χ0) is 23.2. The Morgan fingerprint density at radius 3 is 2.32 bits per heavy atom. The molecule has 3 rings (SSSR count). The van der Waals surface area contributed by atoms with Gasteiger partial charge in [0.1, 0.15) is 5.82 Å². The zero-order valence-corrected chi connectivity index (χ0v) is 17.9. The van der Waals surface area contributed by atoms with Crippen molar-refractivity contribution in [3.05, 3.63) is 35.6 Å². The third-order valence-electron chi connectivity index (χ3n) is 6.34. The van der Waals surface area contributed by atoms with Crippen LogP contribution in [0.2, 0.25) is 0 Å². The Morgan fingerprint density at radius 2 is 1.77 bits per heavy atom. The summed E-state index contributed by atoms with van der Waals surface area (Å²) in [6, 6.07) is 7.19. The van der Waals surface area contributed by atoms with Crippen LogP contribution in [-0.4, -0.2) is 57.6 Å². The average Bonchev–Trinajstić information content (AvgIpc) is 2.88. The fourth-order valence-corrected chi connectivity index (χ4v) is 4.32. The number of benzene rings is 1. The van der Waals surface area contributed by atoms with Crippen LogP contribution in [0.1, 0.15) is 57.9 Å². The highest BCUT2D eigenvalue weighted by atomic mass is 19.4. The van der Waals surface area contributed by atoms with E-state index in [-0.39, 0.29) is 17.3 Å². The minimum Gasteiger partial charge on any atom is -0.475 e. The number of carbonyl (C=O) groups excluding carboxylic acids is 1. The lowest BCUT2D eigenvalue weighted by atomic mass is 9.87. The summed E-state index contributed by atoms with van der Waals surface area (Å²) in [4.78, 5) is 26.1. The molecule has 5 nitrogen and oxygen atoms in total. The number of carbonyl (C=O) groups is 2. The van der Waals surface area contributed by atoms with Crippen molar-refractivity contribution in [3.63, 3.8) is 0 Å². The maximum absolute atomic E-state index is 13.1. The molecule has 1 N–H and O–H groups in total. The lowest BCUT2D eigenvalue weighted by Crippen LogP contribution is -2.46. The summed E-state index contributed by atoms with van der Waals surface area (Å²) in [6.45, 7) is 7.36. The molecule has 2 heterocycles. The van der Waals surface area contributed by atoms with Gasteiger partial charge in [0.15, 0.2) is 0 Å². The van der Waals surface area contributed by atoms with Crippen molar-refractivity contribution < 1.29 is 32.3 Å². The molecular formula is C22H30F4N2O3. The van der Waals surface area contributed by atoms with Crippen molar-refractivity contribution in [2.24, 2.45) is 0 Å². The molecule has 1 amide bonds. The fraction of sp³-hybridized carbons (Fsp3) is 0.636. The molecule has 1 aromatic carbocycles. The van der Waals surface area contributed by atoms with Crippen molar-refractivity contribution in [3.8, 4) is 0 Å². The molecule has 0 aromatic heterocycles. The quantitative estimate of drug-likeness (QED) is 0.687. The predicted octanol–water partition coefficient (Wildman–Crippen LogP) is 4.60. The van der Waals surface area contributed by atoms with E-state index < -0.39 is 12.1 Å². The Labute approximate surface area is 180 Å². The summed E-state index contributed by atoms with van der Waals surface area (Å²) in [6.07, 6.45) is 1.02. The number of hydrogen-bond donors (Lipinski definition) is 1. The van der Waals surface area contributed by atoms with Crippen molar-refractivity contribution in [1.82, 2.24) is 9.80 Å². The van der Waals surface area contributed by atoms with E-state index in [2.05, 4.69) is 23.6 Å². The van der Waals surface area contributed by atoms with Crippen LogP contribution in [0.25, 0.3) is 0 Å². The molecular weight excluding hydrogens is 416 g/mol. The van der Waals surface area contributed by atoms with Crippen molar-refractivity contribution in [2.75, 3.05) is 13.1 Å². The first kappa shape index (κ1) is 25.1. The first-order chi connectivity index (χ1) is 14.5. The number of amides is 1. The van der Waals surface area contributed by atoms with Gasteiger partial charge in [0.2, 0.25) is 5.91 Å². The number of carboxylic acid groups (broad SMARTS) is 1. The van der Waals surface area contributed by atoms with Gasteiger partial charge in [-0.1, -0.05) is 19.1 Å². The number of alkyl halides is 3.